The second-order valence-electron chi connectivity index (χ2n) is 5.04. The molecule has 0 aromatic heterocycles. The smallest absolute Gasteiger partial charge is 0.305 e. The Kier molecular flexibility index (Phi) is 5.16. The minimum absolute atomic E-state index is 0.104. The van der Waals surface area contributed by atoms with Crippen LogP contribution < -0.4 is 0 Å². The third-order valence-corrected chi connectivity index (χ3v) is 3.56. The second kappa shape index (κ2) is 7.08. The van der Waals surface area contributed by atoms with E-state index in [1.807, 2.05) is 6.07 Å². The number of morpholine rings is 1. The Balaban J connectivity index is 1.94. The van der Waals surface area contributed by atoms with Crippen LogP contribution in [0.2, 0.25) is 0 Å². The van der Waals surface area contributed by atoms with Crippen molar-refractivity contribution in [2.75, 3.05) is 19.8 Å². The lowest BCUT2D eigenvalue weighted by atomic mass is 10.1. The van der Waals surface area contributed by atoms with Crippen LogP contribution >= 0.6 is 0 Å². The number of benzene rings is 1. The number of phenolic OH excluding ortho intramolecular Hbond substituents is 1. The normalized spacial score (nSPS) is 18.5. The average Bonchev–Trinajstić information content (AvgIpc) is 2.46. The van der Waals surface area contributed by atoms with Crippen LogP contribution in [0.1, 0.15) is 18.4 Å². The lowest BCUT2D eigenvalue weighted by molar-refractivity contribution is -0.146. The molecule has 1 saturated heterocycles. The first-order valence-electron chi connectivity index (χ1n) is 6.94. The molecule has 21 heavy (non-hydrogen) atoms. The second-order valence-corrected chi connectivity index (χ2v) is 5.04. The number of phenols is 1. The van der Waals surface area contributed by atoms with Crippen LogP contribution in [0.5, 0.6) is 5.75 Å². The molecule has 1 unspecified atom stereocenters. The highest BCUT2D eigenvalue weighted by atomic mass is 16.5. The molecule has 0 aliphatic carbocycles. The van der Waals surface area contributed by atoms with E-state index in [0.29, 0.717) is 25.1 Å². The summed E-state index contributed by atoms with van der Waals surface area (Å²) in [4.78, 5) is 24.7. The number of hydrogen-bond acceptors (Lipinski definition) is 4. The van der Waals surface area contributed by atoms with Crippen molar-refractivity contribution >= 4 is 11.9 Å². The first-order chi connectivity index (χ1) is 10.1. The Morgan fingerprint density at radius 2 is 2.10 bits per heavy atom. The number of rotatable bonds is 5. The predicted molar refractivity (Wildman–Crippen MR) is 75.0 cm³/mol. The van der Waals surface area contributed by atoms with E-state index in [4.69, 9.17) is 9.84 Å². The van der Waals surface area contributed by atoms with Crippen molar-refractivity contribution < 1.29 is 24.5 Å². The number of aryl methyl sites for hydroxylation is 1. The maximum atomic E-state index is 12.3. The largest absolute Gasteiger partial charge is 0.508 e. The Bertz CT molecular complexity index is 517. The molecule has 2 N–H and O–H groups in total. The predicted octanol–water partition coefficient (Wildman–Crippen LogP) is 1.03. The number of carbonyl (C=O) groups excluding carboxylic acids is 1. The van der Waals surface area contributed by atoms with Gasteiger partial charge in [-0.25, -0.2) is 0 Å². The van der Waals surface area contributed by atoms with Gasteiger partial charge in [0.2, 0.25) is 5.91 Å². The number of carboxylic acids is 1. The van der Waals surface area contributed by atoms with E-state index in [-0.39, 0.29) is 31.1 Å². The van der Waals surface area contributed by atoms with Gasteiger partial charge < -0.3 is 19.8 Å². The molecular formula is C15H19NO5. The van der Waals surface area contributed by atoms with E-state index >= 15 is 0 Å². The molecule has 1 aliphatic heterocycles. The molecule has 114 valence electrons. The third-order valence-electron chi connectivity index (χ3n) is 3.56. The number of amides is 1. The number of nitrogens with zero attached hydrogens (tertiary/aromatic N) is 1. The minimum Gasteiger partial charge on any atom is -0.508 e. The fourth-order valence-corrected chi connectivity index (χ4v) is 2.46. The summed E-state index contributed by atoms with van der Waals surface area (Å²) < 4.78 is 5.25. The van der Waals surface area contributed by atoms with Crippen LogP contribution in [0, 0.1) is 0 Å². The van der Waals surface area contributed by atoms with Gasteiger partial charge in [-0.05, 0) is 18.1 Å². The van der Waals surface area contributed by atoms with Crippen LogP contribution in [0.15, 0.2) is 24.3 Å². The highest BCUT2D eigenvalue weighted by molar-refractivity contribution is 5.78. The van der Waals surface area contributed by atoms with Crippen molar-refractivity contribution in [2.24, 2.45) is 0 Å². The third kappa shape index (κ3) is 4.19. The monoisotopic (exact) mass is 293 g/mol. The Morgan fingerprint density at radius 3 is 2.81 bits per heavy atom. The number of aliphatic carboxylic acids is 1. The van der Waals surface area contributed by atoms with Gasteiger partial charge in [-0.1, -0.05) is 18.2 Å². The molecule has 2 rings (SSSR count). The first kappa shape index (κ1) is 15.3. The van der Waals surface area contributed by atoms with E-state index in [0.717, 1.165) is 0 Å². The Morgan fingerprint density at radius 1 is 1.33 bits per heavy atom. The summed E-state index contributed by atoms with van der Waals surface area (Å²) in [7, 11) is 0. The van der Waals surface area contributed by atoms with Crippen LogP contribution in [0.25, 0.3) is 0 Å². The zero-order chi connectivity index (χ0) is 15.2. The van der Waals surface area contributed by atoms with Gasteiger partial charge in [0.05, 0.1) is 25.7 Å². The number of aromatic hydroxyl groups is 1. The molecule has 6 heteroatoms. The van der Waals surface area contributed by atoms with Crippen LogP contribution in [0.4, 0.5) is 0 Å². The molecule has 1 fully saturated rings. The molecule has 1 aromatic carbocycles. The summed E-state index contributed by atoms with van der Waals surface area (Å²) in [6.45, 7) is 1.10. The van der Waals surface area contributed by atoms with Gasteiger partial charge in [-0.15, -0.1) is 0 Å². The highest BCUT2D eigenvalue weighted by Crippen LogP contribution is 2.19. The van der Waals surface area contributed by atoms with Gasteiger partial charge in [0.1, 0.15) is 5.75 Å². The number of ether oxygens (including phenoxy) is 1. The van der Waals surface area contributed by atoms with Crippen molar-refractivity contribution in [3.63, 3.8) is 0 Å². The standard InChI is InChI=1S/C15H19NO5/c17-13-4-2-1-3-11(13)5-6-14(18)16-7-8-21-10-12(16)9-15(19)20/h1-4,12,17H,5-10H2,(H,19,20). The topological polar surface area (TPSA) is 87.1 Å². The molecule has 1 aliphatic rings. The van der Waals surface area contributed by atoms with Crippen molar-refractivity contribution in [3.8, 4) is 5.75 Å². The number of carbonyl (C=O) groups is 2. The van der Waals surface area contributed by atoms with E-state index < -0.39 is 12.0 Å². The number of hydrogen-bond donors (Lipinski definition) is 2. The fraction of sp³-hybridized carbons (Fsp3) is 0.467. The Labute approximate surface area is 122 Å². The van der Waals surface area contributed by atoms with Crippen LogP contribution in [0.3, 0.4) is 0 Å². The fourth-order valence-electron chi connectivity index (χ4n) is 2.46. The summed E-state index contributed by atoms with van der Waals surface area (Å²) >= 11 is 0. The molecule has 1 heterocycles. The SMILES string of the molecule is O=C(O)CC1COCCN1C(=O)CCc1ccccc1O. The molecule has 1 amide bonds. The van der Waals surface area contributed by atoms with Gasteiger partial charge in [-0.2, -0.15) is 0 Å². The number of carboxylic acid groups (broad SMARTS) is 1. The van der Waals surface area contributed by atoms with E-state index in [1.54, 1.807) is 23.1 Å². The van der Waals surface area contributed by atoms with Crippen molar-refractivity contribution in [1.29, 1.82) is 0 Å². The summed E-state index contributed by atoms with van der Waals surface area (Å²) in [5, 5.41) is 18.6. The zero-order valence-corrected chi connectivity index (χ0v) is 11.7. The lowest BCUT2D eigenvalue weighted by Gasteiger charge is -2.35. The molecular weight excluding hydrogens is 274 g/mol. The molecule has 0 bridgehead atoms. The van der Waals surface area contributed by atoms with Gasteiger partial charge in [0.15, 0.2) is 0 Å². The molecule has 0 radical (unpaired) electrons. The van der Waals surface area contributed by atoms with Crippen molar-refractivity contribution in [3.05, 3.63) is 29.8 Å². The van der Waals surface area contributed by atoms with E-state index in [9.17, 15) is 14.7 Å². The van der Waals surface area contributed by atoms with E-state index in [1.165, 1.54) is 0 Å². The van der Waals surface area contributed by atoms with Gasteiger partial charge in [-0.3, -0.25) is 9.59 Å². The summed E-state index contributed by atoms with van der Waals surface area (Å²) in [5.41, 5.74) is 0.717. The van der Waals surface area contributed by atoms with Crippen molar-refractivity contribution in [2.45, 2.75) is 25.3 Å². The number of para-hydroxylation sites is 1. The summed E-state index contributed by atoms with van der Waals surface area (Å²) in [6, 6.07) is 6.49. The molecule has 1 aromatic rings. The maximum Gasteiger partial charge on any atom is 0.305 e. The van der Waals surface area contributed by atoms with Crippen LogP contribution in [-0.2, 0) is 20.7 Å². The molecule has 6 nitrogen and oxygen atoms in total. The summed E-state index contributed by atoms with van der Waals surface area (Å²) in [5.74, 6) is -0.869. The van der Waals surface area contributed by atoms with Crippen LogP contribution in [-0.4, -0.2) is 52.8 Å². The maximum absolute atomic E-state index is 12.3. The van der Waals surface area contributed by atoms with Gasteiger partial charge >= 0.3 is 5.97 Å². The average molecular weight is 293 g/mol. The van der Waals surface area contributed by atoms with Gasteiger partial charge in [0.25, 0.3) is 0 Å². The first-order valence-corrected chi connectivity index (χ1v) is 6.94. The lowest BCUT2D eigenvalue weighted by Crippen LogP contribution is -2.49. The molecule has 0 saturated carbocycles. The summed E-state index contributed by atoms with van der Waals surface area (Å²) in [6.07, 6.45) is 0.568. The van der Waals surface area contributed by atoms with E-state index in [2.05, 4.69) is 0 Å². The minimum atomic E-state index is -0.941. The van der Waals surface area contributed by atoms with Crippen molar-refractivity contribution in [1.82, 2.24) is 4.90 Å². The van der Waals surface area contributed by atoms with Gasteiger partial charge in [0, 0.05) is 13.0 Å². The molecule has 0 spiro atoms. The zero-order valence-electron chi connectivity index (χ0n) is 11.7. The quantitative estimate of drug-likeness (QED) is 0.846. The molecule has 1 atom stereocenters. The highest BCUT2D eigenvalue weighted by Gasteiger charge is 2.28. The Hall–Kier alpha value is -2.08.